The Labute approximate surface area is 99.2 Å². The van der Waals surface area contributed by atoms with Gasteiger partial charge in [-0.1, -0.05) is 0 Å². The largest absolute Gasteiger partial charge is 0.497 e. The second-order valence-corrected chi connectivity index (χ2v) is 4.54. The number of rotatable bonds is 3. The summed E-state index contributed by atoms with van der Waals surface area (Å²) < 4.78 is 5.13. The van der Waals surface area contributed by atoms with Gasteiger partial charge in [0.05, 0.1) is 12.5 Å². The minimum absolute atomic E-state index is 0.749. The lowest BCUT2D eigenvalue weighted by atomic mass is 9.84. The normalized spacial score (nSPS) is 11.7. The van der Waals surface area contributed by atoms with Gasteiger partial charge in [-0.05, 0) is 31.5 Å². The maximum absolute atomic E-state index is 11.2. The zero-order chi connectivity index (χ0) is 12.6. The number of ether oxygens (including phenoxy) is 1. The van der Waals surface area contributed by atoms with Crippen molar-refractivity contribution < 1.29 is 14.6 Å². The molecule has 2 aromatic rings. The maximum Gasteiger partial charge on any atom is 0.313 e. The fraction of sp³-hybridized carbons (Fsp3) is 0.308. The molecule has 0 aliphatic carbocycles. The van der Waals surface area contributed by atoms with Crippen molar-refractivity contribution in [2.24, 2.45) is 0 Å². The Morgan fingerprint density at radius 3 is 2.71 bits per heavy atom. The molecular formula is C13H15NO3. The monoisotopic (exact) mass is 233 g/mol. The van der Waals surface area contributed by atoms with Crippen LogP contribution in [0, 0.1) is 0 Å². The van der Waals surface area contributed by atoms with Gasteiger partial charge >= 0.3 is 5.97 Å². The lowest BCUT2D eigenvalue weighted by Crippen LogP contribution is -2.28. The van der Waals surface area contributed by atoms with Crippen molar-refractivity contribution in [2.75, 3.05) is 7.11 Å². The van der Waals surface area contributed by atoms with Crippen LogP contribution in [-0.2, 0) is 10.2 Å². The van der Waals surface area contributed by atoms with Crippen LogP contribution < -0.4 is 4.74 Å². The van der Waals surface area contributed by atoms with E-state index < -0.39 is 11.4 Å². The van der Waals surface area contributed by atoms with E-state index in [4.69, 9.17) is 4.74 Å². The van der Waals surface area contributed by atoms with E-state index in [2.05, 4.69) is 4.98 Å². The molecule has 0 fully saturated rings. The number of benzene rings is 1. The number of carboxylic acids is 1. The molecule has 0 saturated heterocycles. The number of H-pyrrole nitrogens is 1. The van der Waals surface area contributed by atoms with Crippen molar-refractivity contribution in [3.63, 3.8) is 0 Å². The molecular weight excluding hydrogens is 218 g/mol. The third-order valence-electron chi connectivity index (χ3n) is 3.10. The highest BCUT2D eigenvalue weighted by Crippen LogP contribution is 2.32. The molecule has 2 rings (SSSR count). The molecule has 1 aromatic heterocycles. The van der Waals surface area contributed by atoms with Crippen molar-refractivity contribution in [1.29, 1.82) is 0 Å². The van der Waals surface area contributed by atoms with E-state index in [-0.39, 0.29) is 0 Å². The minimum Gasteiger partial charge on any atom is -0.497 e. The average molecular weight is 233 g/mol. The number of aliphatic carboxylic acids is 1. The Balaban J connectivity index is 2.61. The van der Waals surface area contributed by atoms with Crippen molar-refractivity contribution in [1.82, 2.24) is 4.98 Å². The summed E-state index contributed by atoms with van der Waals surface area (Å²) >= 11 is 0. The first-order valence-electron chi connectivity index (χ1n) is 5.36. The molecule has 0 saturated carbocycles. The van der Waals surface area contributed by atoms with E-state index in [9.17, 15) is 9.90 Å². The Kier molecular flexibility index (Phi) is 2.58. The molecule has 1 heterocycles. The number of hydrogen-bond acceptors (Lipinski definition) is 2. The van der Waals surface area contributed by atoms with Gasteiger partial charge in [0.2, 0.25) is 0 Å². The number of fused-ring (bicyclic) bond motifs is 1. The molecule has 0 amide bonds. The summed E-state index contributed by atoms with van der Waals surface area (Å²) in [6.07, 6.45) is 1.75. The predicted octanol–water partition coefficient (Wildman–Crippen LogP) is 2.54. The van der Waals surface area contributed by atoms with E-state index in [1.165, 1.54) is 0 Å². The van der Waals surface area contributed by atoms with E-state index >= 15 is 0 Å². The van der Waals surface area contributed by atoms with Gasteiger partial charge in [0, 0.05) is 23.2 Å². The van der Waals surface area contributed by atoms with Crippen LogP contribution in [-0.4, -0.2) is 23.2 Å². The van der Waals surface area contributed by atoms with Crippen LogP contribution in [0.25, 0.3) is 10.9 Å². The summed E-state index contributed by atoms with van der Waals surface area (Å²) in [4.78, 5) is 14.3. The van der Waals surface area contributed by atoms with Crippen LogP contribution in [0.2, 0.25) is 0 Å². The molecule has 2 N–H and O–H groups in total. The molecule has 0 aliphatic rings. The molecule has 0 radical (unpaired) electrons. The van der Waals surface area contributed by atoms with Gasteiger partial charge in [-0.15, -0.1) is 0 Å². The molecule has 0 spiro atoms. The molecule has 1 aromatic carbocycles. The Morgan fingerprint density at radius 1 is 1.41 bits per heavy atom. The van der Waals surface area contributed by atoms with Gasteiger partial charge in [0.15, 0.2) is 0 Å². The lowest BCUT2D eigenvalue weighted by Gasteiger charge is -2.18. The highest BCUT2D eigenvalue weighted by Gasteiger charge is 2.31. The van der Waals surface area contributed by atoms with Gasteiger partial charge in [0.25, 0.3) is 0 Å². The third kappa shape index (κ3) is 1.75. The summed E-state index contributed by atoms with van der Waals surface area (Å²) in [5, 5.41) is 10.1. The lowest BCUT2D eigenvalue weighted by molar-refractivity contribution is -0.142. The van der Waals surface area contributed by atoms with E-state index in [0.29, 0.717) is 0 Å². The number of aromatic amines is 1. The fourth-order valence-corrected chi connectivity index (χ4v) is 1.86. The SMILES string of the molecule is COc1ccc2c(C(C)(C)C(=O)O)c[nH]c2c1. The molecule has 0 bridgehead atoms. The third-order valence-corrected chi connectivity index (χ3v) is 3.10. The number of carbonyl (C=O) groups is 1. The summed E-state index contributed by atoms with van der Waals surface area (Å²) in [7, 11) is 1.60. The highest BCUT2D eigenvalue weighted by molar-refractivity contribution is 5.92. The van der Waals surface area contributed by atoms with Crippen LogP contribution in [0.15, 0.2) is 24.4 Å². The molecule has 0 unspecified atom stereocenters. The first-order valence-corrected chi connectivity index (χ1v) is 5.36. The Morgan fingerprint density at radius 2 is 2.12 bits per heavy atom. The predicted molar refractivity (Wildman–Crippen MR) is 65.5 cm³/mol. The summed E-state index contributed by atoms with van der Waals surface area (Å²) in [5.41, 5.74) is 0.753. The minimum atomic E-state index is -0.910. The number of aromatic nitrogens is 1. The Hall–Kier alpha value is -1.97. The van der Waals surface area contributed by atoms with Gasteiger partial charge < -0.3 is 14.8 Å². The molecule has 0 atom stereocenters. The molecule has 4 heteroatoms. The number of carboxylic acid groups (broad SMARTS) is 1. The topological polar surface area (TPSA) is 62.3 Å². The second-order valence-electron chi connectivity index (χ2n) is 4.54. The second kappa shape index (κ2) is 3.80. The zero-order valence-corrected chi connectivity index (χ0v) is 10.1. The van der Waals surface area contributed by atoms with Crippen LogP contribution in [0.3, 0.4) is 0 Å². The smallest absolute Gasteiger partial charge is 0.313 e. The highest BCUT2D eigenvalue weighted by atomic mass is 16.5. The van der Waals surface area contributed by atoms with Gasteiger partial charge in [-0.25, -0.2) is 0 Å². The Bertz CT molecular complexity index is 569. The number of methoxy groups -OCH3 is 1. The summed E-state index contributed by atoms with van der Waals surface area (Å²) in [6, 6.07) is 5.57. The van der Waals surface area contributed by atoms with Crippen LogP contribution in [0.5, 0.6) is 5.75 Å². The van der Waals surface area contributed by atoms with Crippen molar-refractivity contribution in [3.8, 4) is 5.75 Å². The molecule has 4 nitrogen and oxygen atoms in total. The number of hydrogen-bond donors (Lipinski definition) is 2. The summed E-state index contributed by atoms with van der Waals surface area (Å²) in [6.45, 7) is 3.39. The average Bonchev–Trinajstić information content (AvgIpc) is 2.71. The standard InChI is InChI=1S/C13H15NO3/c1-13(2,12(15)16)10-7-14-11-6-8(17-3)4-5-9(10)11/h4-7,14H,1-3H3,(H,15,16). The zero-order valence-electron chi connectivity index (χ0n) is 10.1. The van der Waals surface area contributed by atoms with E-state index in [1.807, 2.05) is 18.2 Å². The quantitative estimate of drug-likeness (QED) is 0.856. The summed E-state index contributed by atoms with van der Waals surface area (Å²) in [5.74, 6) is -0.0896. The van der Waals surface area contributed by atoms with Crippen molar-refractivity contribution in [3.05, 3.63) is 30.0 Å². The maximum atomic E-state index is 11.2. The molecule has 0 aliphatic heterocycles. The molecule has 90 valence electrons. The van der Waals surface area contributed by atoms with Crippen molar-refractivity contribution >= 4 is 16.9 Å². The first-order chi connectivity index (χ1) is 7.96. The van der Waals surface area contributed by atoms with Crippen molar-refractivity contribution in [2.45, 2.75) is 19.3 Å². The van der Waals surface area contributed by atoms with Crippen LogP contribution in [0.1, 0.15) is 19.4 Å². The van der Waals surface area contributed by atoms with Gasteiger partial charge in [-0.3, -0.25) is 4.79 Å². The first kappa shape index (κ1) is 11.5. The van der Waals surface area contributed by atoms with E-state index in [1.54, 1.807) is 27.2 Å². The number of nitrogens with one attached hydrogen (secondary N) is 1. The van der Waals surface area contributed by atoms with Crippen LogP contribution in [0.4, 0.5) is 0 Å². The molecule has 17 heavy (non-hydrogen) atoms. The van der Waals surface area contributed by atoms with E-state index in [0.717, 1.165) is 22.2 Å². The van der Waals surface area contributed by atoms with Crippen LogP contribution >= 0.6 is 0 Å². The fourth-order valence-electron chi connectivity index (χ4n) is 1.86. The van der Waals surface area contributed by atoms with Gasteiger partial charge in [0.1, 0.15) is 5.75 Å². The van der Waals surface area contributed by atoms with Gasteiger partial charge in [-0.2, -0.15) is 0 Å².